The molecule has 3 aliphatic heterocycles. The molecule has 46 heavy (non-hydrogen) atoms. The van der Waals surface area contributed by atoms with Crippen LogP contribution in [-0.2, 0) is 19.1 Å². The van der Waals surface area contributed by atoms with Gasteiger partial charge in [0, 0.05) is 24.3 Å². The molecule has 3 fully saturated rings. The molecule has 9 nitrogen and oxygen atoms in total. The summed E-state index contributed by atoms with van der Waals surface area (Å²) in [7, 11) is 0. The van der Waals surface area contributed by atoms with Crippen LogP contribution in [0.3, 0.4) is 0 Å². The molecule has 0 radical (unpaired) electrons. The van der Waals surface area contributed by atoms with Crippen LogP contribution in [0.25, 0.3) is 0 Å². The van der Waals surface area contributed by atoms with Gasteiger partial charge in [0.25, 0.3) is 0 Å². The molecule has 3 heterocycles. The number of ether oxygens (including phenoxy) is 2. The second kappa shape index (κ2) is 13.5. The number of fused-ring (bicyclic) bond motifs is 1. The van der Waals surface area contributed by atoms with Crippen molar-refractivity contribution in [3.05, 3.63) is 49.6 Å². The van der Waals surface area contributed by atoms with Crippen LogP contribution in [0.4, 0.5) is 5.69 Å². The number of benzene rings is 1. The van der Waals surface area contributed by atoms with Crippen molar-refractivity contribution in [1.82, 2.24) is 9.80 Å². The number of aliphatic hydroxyl groups excluding tert-OH is 1. The minimum absolute atomic E-state index is 0.0733. The van der Waals surface area contributed by atoms with E-state index in [9.17, 15) is 14.7 Å². The van der Waals surface area contributed by atoms with Gasteiger partial charge in [-0.25, -0.2) is 0 Å². The number of nitrogens with zero attached hydrogens (tertiary/aromatic N) is 3. The number of likely N-dealkylation sites (tertiary alicyclic amines) is 1. The highest BCUT2D eigenvalue weighted by Crippen LogP contribution is 2.60. The van der Waals surface area contributed by atoms with E-state index in [2.05, 4.69) is 33.9 Å². The first-order chi connectivity index (χ1) is 21.6. The number of amides is 3. The number of rotatable bonds is 14. The summed E-state index contributed by atoms with van der Waals surface area (Å²) in [6, 6.07) is 5.70. The standard InChI is InChI=1S/C37H55N3O6/c1-11-20-38(25-14-16-26(17-15-25)45-13-3)32(42)29-28-18-19-37(46-28)30(29)33(43)40(27(22-41)24(4)5)31(37)34(44)39(21-12-2)36(9,10)23-35(6,7)8/h11-12,14-17,24,27-31,41H,1-2,13,18-23H2,3-10H3/t27-,28+,29-,30-,31?,37?/m0/s1. The van der Waals surface area contributed by atoms with Gasteiger partial charge >= 0.3 is 0 Å². The fraction of sp³-hybridized carbons (Fsp3) is 0.649. The predicted molar refractivity (Wildman–Crippen MR) is 180 cm³/mol. The Balaban J connectivity index is 1.81. The maximum atomic E-state index is 15.0. The predicted octanol–water partition coefficient (Wildman–Crippen LogP) is 5.23. The zero-order valence-corrected chi connectivity index (χ0v) is 29.1. The highest BCUT2D eigenvalue weighted by atomic mass is 16.5. The molecule has 0 aromatic heterocycles. The van der Waals surface area contributed by atoms with E-state index in [4.69, 9.17) is 9.47 Å². The van der Waals surface area contributed by atoms with Crippen molar-refractivity contribution < 1.29 is 29.0 Å². The Morgan fingerprint density at radius 3 is 2.26 bits per heavy atom. The van der Waals surface area contributed by atoms with Gasteiger partial charge in [0.05, 0.1) is 37.2 Å². The summed E-state index contributed by atoms with van der Waals surface area (Å²) in [5.74, 6) is -1.84. The van der Waals surface area contributed by atoms with Crippen LogP contribution in [-0.4, -0.2) is 88.3 Å². The summed E-state index contributed by atoms with van der Waals surface area (Å²) in [6.45, 7) is 24.9. The van der Waals surface area contributed by atoms with Gasteiger partial charge in [-0.2, -0.15) is 0 Å². The molecule has 1 N–H and O–H groups in total. The lowest BCUT2D eigenvalue weighted by atomic mass is 9.70. The number of aliphatic hydroxyl groups is 1. The quantitative estimate of drug-likeness (QED) is 0.281. The number of carbonyl (C=O) groups excluding carboxylic acids is 3. The van der Waals surface area contributed by atoms with Crippen molar-refractivity contribution in [3.63, 3.8) is 0 Å². The molecule has 1 aromatic carbocycles. The molecule has 1 spiro atoms. The lowest BCUT2D eigenvalue weighted by molar-refractivity contribution is -0.156. The van der Waals surface area contributed by atoms with Gasteiger partial charge in [0.15, 0.2) is 0 Å². The Labute approximate surface area is 275 Å². The molecule has 2 bridgehead atoms. The van der Waals surface area contributed by atoms with Crippen LogP contribution in [0.2, 0.25) is 0 Å². The van der Waals surface area contributed by atoms with Crippen LogP contribution < -0.4 is 9.64 Å². The van der Waals surface area contributed by atoms with E-state index in [-0.39, 0.29) is 42.2 Å². The van der Waals surface area contributed by atoms with Gasteiger partial charge in [-0.1, -0.05) is 46.8 Å². The smallest absolute Gasteiger partial charge is 0.249 e. The molecular weight excluding hydrogens is 582 g/mol. The molecular formula is C37H55N3O6. The Morgan fingerprint density at radius 2 is 1.74 bits per heavy atom. The molecule has 9 heteroatoms. The van der Waals surface area contributed by atoms with Gasteiger partial charge in [0.1, 0.15) is 17.4 Å². The first-order valence-electron chi connectivity index (χ1n) is 16.8. The fourth-order valence-corrected chi connectivity index (χ4v) is 8.46. The number of anilines is 1. The van der Waals surface area contributed by atoms with E-state index >= 15 is 4.79 Å². The number of hydrogen-bond donors (Lipinski definition) is 1. The molecule has 4 rings (SSSR count). The summed E-state index contributed by atoms with van der Waals surface area (Å²) in [6.07, 6.45) is 4.63. The number of hydrogen-bond acceptors (Lipinski definition) is 6. The van der Waals surface area contributed by atoms with E-state index in [0.717, 1.165) is 0 Å². The van der Waals surface area contributed by atoms with E-state index < -0.39 is 41.2 Å². The summed E-state index contributed by atoms with van der Waals surface area (Å²) in [5.41, 5.74) is -1.16. The van der Waals surface area contributed by atoms with Crippen LogP contribution in [0.15, 0.2) is 49.6 Å². The second-order valence-electron chi connectivity index (χ2n) is 15.2. The van der Waals surface area contributed by atoms with Crippen molar-refractivity contribution in [2.45, 2.75) is 104 Å². The minimum atomic E-state index is -1.18. The third kappa shape index (κ3) is 6.37. The Kier molecular flexibility index (Phi) is 10.5. The maximum Gasteiger partial charge on any atom is 0.249 e. The third-order valence-corrected chi connectivity index (χ3v) is 9.88. The second-order valence-corrected chi connectivity index (χ2v) is 15.2. The fourth-order valence-electron chi connectivity index (χ4n) is 8.46. The van der Waals surface area contributed by atoms with Crippen molar-refractivity contribution >= 4 is 23.4 Å². The van der Waals surface area contributed by atoms with E-state index in [1.165, 1.54) is 0 Å². The molecule has 254 valence electrons. The van der Waals surface area contributed by atoms with Crippen LogP contribution in [0.1, 0.15) is 74.7 Å². The molecule has 3 saturated heterocycles. The maximum absolute atomic E-state index is 15.0. The van der Waals surface area contributed by atoms with Crippen LogP contribution in [0.5, 0.6) is 5.75 Å². The average molecular weight is 638 g/mol. The normalized spacial score (nSPS) is 26.2. The van der Waals surface area contributed by atoms with Crippen molar-refractivity contribution in [2.24, 2.45) is 23.2 Å². The zero-order valence-electron chi connectivity index (χ0n) is 29.1. The average Bonchev–Trinajstić information content (AvgIpc) is 3.61. The zero-order chi connectivity index (χ0) is 34.2. The van der Waals surface area contributed by atoms with E-state index in [1.54, 1.807) is 22.0 Å². The monoisotopic (exact) mass is 637 g/mol. The third-order valence-electron chi connectivity index (χ3n) is 9.88. The molecule has 0 aliphatic carbocycles. The summed E-state index contributed by atoms with van der Waals surface area (Å²) in [5, 5.41) is 10.6. The van der Waals surface area contributed by atoms with Gasteiger partial charge in [-0.3, -0.25) is 14.4 Å². The molecule has 1 aromatic rings. The van der Waals surface area contributed by atoms with E-state index in [1.807, 2.05) is 63.8 Å². The lowest BCUT2D eigenvalue weighted by Crippen LogP contribution is -2.63. The largest absolute Gasteiger partial charge is 0.494 e. The highest BCUT2D eigenvalue weighted by Gasteiger charge is 2.76. The first-order valence-corrected chi connectivity index (χ1v) is 16.8. The molecule has 0 saturated carbocycles. The van der Waals surface area contributed by atoms with Crippen LogP contribution in [0, 0.1) is 23.2 Å². The molecule has 3 amide bonds. The van der Waals surface area contributed by atoms with Crippen molar-refractivity contribution in [2.75, 3.05) is 31.2 Å². The van der Waals surface area contributed by atoms with Gasteiger partial charge < -0.3 is 29.3 Å². The van der Waals surface area contributed by atoms with Gasteiger partial charge in [-0.15, -0.1) is 13.2 Å². The molecule has 6 atom stereocenters. The summed E-state index contributed by atoms with van der Waals surface area (Å²) < 4.78 is 12.4. The molecule has 3 aliphatic rings. The Hall–Kier alpha value is -3.17. The van der Waals surface area contributed by atoms with Crippen LogP contribution >= 0.6 is 0 Å². The molecule has 2 unspecified atom stereocenters. The minimum Gasteiger partial charge on any atom is -0.494 e. The van der Waals surface area contributed by atoms with Gasteiger partial charge in [0.2, 0.25) is 17.7 Å². The lowest BCUT2D eigenvalue weighted by Gasteiger charge is -2.46. The van der Waals surface area contributed by atoms with Crippen molar-refractivity contribution in [1.29, 1.82) is 0 Å². The Morgan fingerprint density at radius 1 is 1.11 bits per heavy atom. The highest BCUT2D eigenvalue weighted by molar-refractivity contribution is 6.03. The van der Waals surface area contributed by atoms with E-state index in [0.29, 0.717) is 43.9 Å². The topological polar surface area (TPSA) is 99.6 Å². The van der Waals surface area contributed by atoms with Gasteiger partial charge in [-0.05, 0) is 75.6 Å². The summed E-state index contributed by atoms with van der Waals surface area (Å²) in [4.78, 5) is 49.4. The van der Waals surface area contributed by atoms with Crippen molar-refractivity contribution in [3.8, 4) is 5.75 Å². The SMILES string of the molecule is C=CCN(C(=O)[C@@H]1[C@H]2C(=O)N([C@@H](CO)C(C)C)C(C(=O)N(CC=C)C(C)(C)CC(C)(C)C)C23CC[C@H]1O3)c1ccc(OCC)cc1. The number of carbonyl (C=O) groups is 3. The summed E-state index contributed by atoms with van der Waals surface area (Å²) >= 11 is 0. The Bertz CT molecular complexity index is 1300. The first kappa shape index (κ1) is 35.7.